The van der Waals surface area contributed by atoms with Gasteiger partial charge in [0.25, 0.3) is 0 Å². The Hall–Kier alpha value is -1.02. The largest absolute Gasteiger partial charge is 0.392 e. The van der Waals surface area contributed by atoms with E-state index < -0.39 is 0 Å². The fraction of sp³-hybridized carbons (Fsp3) is 0.538. The van der Waals surface area contributed by atoms with E-state index in [0.717, 1.165) is 13.1 Å². The predicted molar refractivity (Wildman–Crippen MR) is 63.4 cm³/mol. The second kappa shape index (κ2) is 4.23. The van der Waals surface area contributed by atoms with Gasteiger partial charge in [-0.25, -0.2) is 0 Å². The van der Waals surface area contributed by atoms with E-state index in [1.165, 1.54) is 29.7 Å². The Bertz CT molecular complexity index is 346. The zero-order valence-corrected chi connectivity index (χ0v) is 9.53. The summed E-state index contributed by atoms with van der Waals surface area (Å²) in [5.74, 6) is 0. The number of aliphatic hydroxyl groups is 1. The van der Waals surface area contributed by atoms with Crippen LogP contribution in [-0.2, 0) is 6.42 Å². The standard InChI is InChI=1S/C13H19NO/c1-10-5-6-13-12(8-10)4-3-7-14(13)9-11(2)15/h5-6,8,11,15H,3-4,7,9H2,1-2H3. The third-order valence-electron chi connectivity index (χ3n) is 2.93. The number of rotatable bonds is 2. The smallest absolute Gasteiger partial charge is 0.0687 e. The van der Waals surface area contributed by atoms with Gasteiger partial charge in [0, 0.05) is 18.8 Å². The Labute approximate surface area is 91.5 Å². The summed E-state index contributed by atoms with van der Waals surface area (Å²) in [6, 6.07) is 6.61. The van der Waals surface area contributed by atoms with Crippen LogP contribution in [-0.4, -0.2) is 24.3 Å². The molecule has 2 rings (SSSR count). The number of benzene rings is 1. The Morgan fingerprint density at radius 1 is 1.47 bits per heavy atom. The molecule has 1 aliphatic rings. The van der Waals surface area contributed by atoms with Crippen molar-refractivity contribution in [3.63, 3.8) is 0 Å². The molecule has 0 saturated carbocycles. The van der Waals surface area contributed by atoms with Crippen LogP contribution in [0.25, 0.3) is 0 Å². The van der Waals surface area contributed by atoms with E-state index >= 15 is 0 Å². The highest BCUT2D eigenvalue weighted by molar-refractivity contribution is 5.56. The lowest BCUT2D eigenvalue weighted by atomic mass is 9.99. The molecule has 0 saturated heterocycles. The third kappa shape index (κ3) is 2.32. The first-order chi connectivity index (χ1) is 7.16. The molecule has 0 spiro atoms. The molecule has 2 heteroatoms. The van der Waals surface area contributed by atoms with Crippen molar-refractivity contribution in [2.24, 2.45) is 0 Å². The number of β-amino-alcohol motifs (C(OH)–C–C–N with tert-alkyl or cyclic N) is 1. The van der Waals surface area contributed by atoms with Gasteiger partial charge in [-0.05, 0) is 38.3 Å². The molecule has 0 aliphatic carbocycles. The van der Waals surface area contributed by atoms with Crippen molar-refractivity contribution in [3.8, 4) is 0 Å². The molecular weight excluding hydrogens is 186 g/mol. The van der Waals surface area contributed by atoms with Crippen molar-refractivity contribution < 1.29 is 5.11 Å². The lowest BCUT2D eigenvalue weighted by Gasteiger charge is -2.32. The summed E-state index contributed by atoms with van der Waals surface area (Å²) in [4.78, 5) is 2.29. The number of aliphatic hydroxyl groups excluding tert-OH is 1. The van der Waals surface area contributed by atoms with E-state index in [9.17, 15) is 5.11 Å². The molecule has 1 aromatic rings. The van der Waals surface area contributed by atoms with Crippen molar-refractivity contribution in [1.29, 1.82) is 0 Å². The molecule has 15 heavy (non-hydrogen) atoms. The van der Waals surface area contributed by atoms with E-state index in [4.69, 9.17) is 0 Å². The minimum absolute atomic E-state index is 0.253. The zero-order chi connectivity index (χ0) is 10.8. The molecule has 0 aromatic heterocycles. The van der Waals surface area contributed by atoms with Gasteiger partial charge in [0.15, 0.2) is 0 Å². The first kappa shape index (κ1) is 10.5. The van der Waals surface area contributed by atoms with Crippen LogP contribution in [0.1, 0.15) is 24.5 Å². The van der Waals surface area contributed by atoms with Crippen molar-refractivity contribution in [2.75, 3.05) is 18.0 Å². The van der Waals surface area contributed by atoms with Crippen LogP contribution in [0, 0.1) is 6.92 Å². The van der Waals surface area contributed by atoms with E-state index in [1.54, 1.807) is 0 Å². The van der Waals surface area contributed by atoms with Crippen molar-refractivity contribution >= 4 is 5.69 Å². The molecule has 0 bridgehead atoms. The van der Waals surface area contributed by atoms with E-state index in [1.807, 2.05) is 6.92 Å². The number of anilines is 1. The lowest BCUT2D eigenvalue weighted by molar-refractivity contribution is 0.199. The molecule has 1 aromatic carbocycles. The summed E-state index contributed by atoms with van der Waals surface area (Å²) >= 11 is 0. The average molecular weight is 205 g/mol. The minimum Gasteiger partial charge on any atom is -0.392 e. The molecule has 1 heterocycles. The molecule has 82 valence electrons. The summed E-state index contributed by atoms with van der Waals surface area (Å²) < 4.78 is 0. The SMILES string of the molecule is Cc1ccc2c(c1)CCCN2CC(C)O. The normalized spacial score (nSPS) is 17.4. The number of aryl methyl sites for hydroxylation is 2. The number of hydrogen-bond acceptors (Lipinski definition) is 2. The lowest BCUT2D eigenvalue weighted by Crippen LogP contribution is -2.35. The van der Waals surface area contributed by atoms with Gasteiger partial charge >= 0.3 is 0 Å². The highest BCUT2D eigenvalue weighted by Crippen LogP contribution is 2.27. The first-order valence-corrected chi connectivity index (χ1v) is 5.69. The van der Waals surface area contributed by atoms with Crippen molar-refractivity contribution in [3.05, 3.63) is 29.3 Å². The summed E-state index contributed by atoms with van der Waals surface area (Å²) in [6.45, 7) is 5.80. The predicted octanol–water partition coefficient (Wildman–Crippen LogP) is 2.13. The molecule has 0 amide bonds. The minimum atomic E-state index is -0.253. The molecule has 1 aliphatic heterocycles. The molecule has 1 atom stereocenters. The van der Waals surface area contributed by atoms with Gasteiger partial charge in [0.05, 0.1) is 6.10 Å². The summed E-state index contributed by atoms with van der Waals surface area (Å²) in [5.41, 5.74) is 4.07. The highest BCUT2D eigenvalue weighted by atomic mass is 16.3. The van der Waals surface area contributed by atoms with E-state index in [0.29, 0.717) is 0 Å². The summed E-state index contributed by atoms with van der Waals surface area (Å²) in [7, 11) is 0. The van der Waals surface area contributed by atoms with Gasteiger partial charge in [-0.2, -0.15) is 0 Å². The van der Waals surface area contributed by atoms with Crippen molar-refractivity contribution in [1.82, 2.24) is 0 Å². The van der Waals surface area contributed by atoms with Gasteiger partial charge in [-0.1, -0.05) is 17.7 Å². The van der Waals surface area contributed by atoms with Crippen LogP contribution in [0.5, 0.6) is 0 Å². The van der Waals surface area contributed by atoms with Gasteiger partial charge < -0.3 is 10.0 Å². The first-order valence-electron chi connectivity index (χ1n) is 5.69. The molecule has 1 N–H and O–H groups in total. The Balaban J connectivity index is 2.26. The van der Waals surface area contributed by atoms with Crippen molar-refractivity contribution in [2.45, 2.75) is 32.8 Å². The van der Waals surface area contributed by atoms with Gasteiger partial charge in [-0.15, -0.1) is 0 Å². The van der Waals surface area contributed by atoms with E-state index in [-0.39, 0.29) is 6.10 Å². The van der Waals surface area contributed by atoms with E-state index in [2.05, 4.69) is 30.0 Å². The van der Waals surface area contributed by atoms with Gasteiger partial charge in [0.2, 0.25) is 0 Å². The zero-order valence-electron chi connectivity index (χ0n) is 9.53. The quantitative estimate of drug-likeness (QED) is 0.799. The second-order valence-electron chi connectivity index (χ2n) is 4.53. The average Bonchev–Trinajstić information content (AvgIpc) is 2.16. The fourth-order valence-electron chi connectivity index (χ4n) is 2.31. The number of hydrogen-bond donors (Lipinski definition) is 1. The second-order valence-corrected chi connectivity index (χ2v) is 4.53. The molecule has 0 fully saturated rings. The maximum Gasteiger partial charge on any atom is 0.0687 e. The fourth-order valence-corrected chi connectivity index (χ4v) is 2.31. The van der Waals surface area contributed by atoms with Crippen LogP contribution in [0.15, 0.2) is 18.2 Å². The maximum absolute atomic E-state index is 9.44. The Morgan fingerprint density at radius 3 is 3.00 bits per heavy atom. The number of fused-ring (bicyclic) bond motifs is 1. The Kier molecular flexibility index (Phi) is 2.96. The van der Waals surface area contributed by atoms with Crippen LogP contribution in [0.3, 0.4) is 0 Å². The van der Waals surface area contributed by atoms with Crippen LogP contribution in [0.4, 0.5) is 5.69 Å². The number of nitrogens with zero attached hydrogens (tertiary/aromatic N) is 1. The highest BCUT2D eigenvalue weighted by Gasteiger charge is 2.17. The summed E-state index contributed by atoms with van der Waals surface area (Å²) in [5, 5.41) is 9.44. The maximum atomic E-state index is 9.44. The van der Waals surface area contributed by atoms with Gasteiger partial charge in [0.1, 0.15) is 0 Å². The molecule has 1 unspecified atom stereocenters. The molecule has 2 nitrogen and oxygen atoms in total. The van der Waals surface area contributed by atoms with Crippen LogP contribution >= 0.6 is 0 Å². The Morgan fingerprint density at radius 2 is 2.27 bits per heavy atom. The third-order valence-corrected chi connectivity index (χ3v) is 2.93. The summed E-state index contributed by atoms with van der Waals surface area (Å²) in [6.07, 6.45) is 2.12. The van der Waals surface area contributed by atoms with Gasteiger partial charge in [-0.3, -0.25) is 0 Å². The monoisotopic (exact) mass is 205 g/mol. The van der Waals surface area contributed by atoms with Crippen LogP contribution < -0.4 is 4.90 Å². The van der Waals surface area contributed by atoms with Crippen LogP contribution in [0.2, 0.25) is 0 Å². The molecule has 0 radical (unpaired) electrons. The molecular formula is C13H19NO. The topological polar surface area (TPSA) is 23.5 Å².